The van der Waals surface area contributed by atoms with Crippen molar-refractivity contribution in [2.24, 2.45) is 0 Å². The largest absolute Gasteiger partial charge is 0.368 e. The molecule has 7 nitrogen and oxygen atoms in total. The van der Waals surface area contributed by atoms with Crippen LogP contribution < -0.4 is 9.80 Å². The number of non-ortho nitro benzene ring substituents is 1. The van der Waals surface area contributed by atoms with Crippen molar-refractivity contribution in [3.05, 3.63) is 82.9 Å². The number of fused-ring (bicyclic) bond motifs is 1. The van der Waals surface area contributed by atoms with Crippen LogP contribution in [0.1, 0.15) is 0 Å². The van der Waals surface area contributed by atoms with Crippen molar-refractivity contribution in [2.75, 3.05) is 36.0 Å². The van der Waals surface area contributed by atoms with Crippen molar-refractivity contribution in [2.45, 2.75) is 0 Å². The first-order chi connectivity index (χ1) is 14.7. The number of piperazine rings is 1. The molecule has 1 aliphatic heterocycles. The van der Waals surface area contributed by atoms with Gasteiger partial charge in [-0.2, -0.15) is 0 Å². The zero-order chi connectivity index (χ0) is 20.5. The van der Waals surface area contributed by atoms with Crippen LogP contribution in [-0.4, -0.2) is 41.1 Å². The van der Waals surface area contributed by atoms with Gasteiger partial charge in [0.05, 0.1) is 16.0 Å². The molecule has 0 unspecified atom stereocenters. The molecule has 2 heterocycles. The van der Waals surface area contributed by atoms with E-state index in [1.165, 1.54) is 5.69 Å². The molecule has 0 bridgehead atoms. The van der Waals surface area contributed by atoms with Gasteiger partial charge in [-0.1, -0.05) is 30.3 Å². The van der Waals surface area contributed by atoms with E-state index in [1.54, 1.807) is 12.1 Å². The van der Waals surface area contributed by atoms with E-state index in [0.29, 0.717) is 5.82 Å². The normalized spacial score (nSPS) is 14.3. The van der Waals surface area contributed by atoms with Gasteiger partial charge >= 0.3 is 0 Å². The topological polar surface area (TPSA) is 78.3 Å². The zero-order valence-corrected chi connectivity index (χ0v) is 16.4. The molecule has 1 fully saturated rings. The molecule has 30 heavy (non-hydrogen) atoms. The smallest absolute Gasteiger partial charge is 0.270 e. The second kappa shape index (κ2) is 7.51. The monoisotopic (exact) mass is 399 g/mol. The number of hydrogen-bond donors (Lipinski definition) is 1. The minimum absolute atomic E-state index is 0.0668. The summed E-state index contributed by atoms with van der Waals surface area (Å²) in [5, 5.41) is 11.4. The Labute approximate surface area is 173 Å². The lowest BCUT2D eigenvalue weighted by Gasteiger charge is -2.38. The standard InChI is InChI=1S/C23H21N5O2/c29-28(30)18-10-11-22(19(16-18)23-24-20-8-4-5-9-21(20)25-23)27-14-12-26(13-15-27)17-6-2-1-3-7-17/h1-11,16H,12-15H2,(H,24,25). The fraction of sp³-hybridized carbons (Fsp3) is 0.174. The molecular weight excluding hydrogens is 378 g/mol. The number of aromatic nitrogens is 2. The summed E-state index contributed by atoms with van der Waals surface area (Å²) in [6.07, 6.45) is 0. The number of H-pyrrole nitrogens is 1. The molecule has 1 aromatic heterocycles. The molecule has 3 aromatic carbocycles. The molecule has 150 valence electrons. The van der Waals surface area contributed by atoms with Crippen LogP contribution in [0.15, 0.2) is 72.8 Å². The van der Waals surface area contributed by atoms with Crippen LogP contribution in [0.3, 0.4) is 0 Å². The fourth-order valence-electron chi connectivity index (χ4n) is 4.03. The summed E-state index contributed by atoms with van der Waals surface area (Å²) in [4.78, 5) is 23.7. The van der Waals surface area contributed by atoms with Gasteiger partial charge in [0.2, 0.25) is 0 Å². The Kier molecular flexibility index (Phi) is 4.55. The highest BCUT2D eigenvalue weighted by molar-refractivity contribution is 5.84. The lowest BCUT2D eigenvalue weighted by atomic mass is 10.1. The van der Waals surface area contributed by atoms with Crippen LogP contribution in [0, 0.1) is 10.1 Å². The van der Waals surface area contributed by atoms with Gasteiger partial charge < -0.3 is 14.8 Å². The maximum absolute atomic E-state index is 11.4. The van der Waals surface area contributed by atoms with Gasteiger partial charge in [-0.05, 0) is 30.3 Å². The predicted octanol–water partition coefficient (Wildman–Crippen LogP) is 4.46. The van der Waals surface area contributed by atoms with Crippen molar-refractivity contribution in [3.63, 3.8) is 0 Å². The van der Waals surface area contributed by atoms with Gasteiger partial charge in [-0.3, -0.25) is 10.1 Å². The van der Waals surface area contributed by atoms with Crippen LogP contribution in [0.5, 0.6) is 0 Å². The van der Waals surface area contributed by atoms with Gasteiger partial charge in [-0.25, -0.2) is 4.98 Å². The van der Waals surface area contributed by atoms with Gasteiger partial charge in [0.1, 0.15) is 5.82 Å². The number of nitrogens with zero attached hydrogens (tertiary/aromatic N) is 4. The lowest BCUT2D eigenvalue weighted by Crippen LogP contribution is -2.46. The highest BCUT2D eigenvalue weighted by Gasteiger charge is 2.23. The first kappa shape index (κ1) is 18.2. The van der Waals surface area contributed by atoms with E-state index in [0.717, 1.165) is 48.5 Å². The molecule has 4 aromatic rings. The highest BCUT2D eigenvalue weighted by Crippen LogP contribution is 2.34. The molecule has 0 aliphatic carbocycles. The molecule has 7 heteroatoms. The number of anilines is 2. The Hall–Kier alpha value is -3.87. The van der Waals surface area contributed by atoms with Gasteiger partial charge in [0, 0.05) is 55.2 Å². The minimum atomic E-state index is -0.358. The first-order valence-corrected chi connectivity index (χ1v) is 9.97. The quantitative estimate of drug-likeness (QED) is 0.405. The average molecular weight is 399 g/mol. The Morgan fingerprint density at radius 3 is 2.30 bits per heavy atom. The number of rotatable bonds is 4. The SMILES string of the molecule is O=[N+]([O-])c1ccc(N2CCN(c3ccccc3)CC2)c(-c2nc3ccccc3[nH]2)c1. The van der Waals surface area contributed by atoms with Crippen LogP contribution in [-0.2, 0) is 0 Å². The minimum Gasteiger partial charge on any atom is -0.368 e. The van der Waals surface area contributed by atoms with Crippen molar-refractivity contribution >= 4 is 28.1 Å². The van der Waals surface area contributed by atoms with E-state index >= 15 is 0 Å². The lowest BCUT2D eigenvalue weighted by molar-refractivity contribution is -0.384. The summed E-state index contributed by atoms with van der Waals surface area (Å²) < 4.78 is 0. The molecular formula is C23H21N5O2. The number of hydrogen-bond acceptors (Lipinski definition) is 5. The van der Waals surface area contributed by atoms with Crippen LogP contribution >= 0.6 is 0 Å². The van der Waals surface area contributed by atoms with Crippen LogP contribution in [0.25, 0.3) is 22.4 Å². The second-order valence-electron chi connectivity index (χ2n) is 7.37. The Balaban J connectivity index is 1.48. The number of nitro groups is 1. The highest BCUT2D eigenvalue weighted by atomic mass is 16.6. The van der Waals surface area contributed by atoms with Crippen LogP contribution in [0.4, 0.5) is 17.1 Å². The summed E-state index contributed by atoms with van der Waals surface area (Å²) in [6.45, 7) is 3.45. The van der Waals surface area contributed by atoms with E-state index in [-0.39, 0.29) is 10.6 Å². The molecule has 0 saturated carbocycles. The summed E-state index contributed by atoms with van der Waals surface area (Å²) in [6, 6.07) is 23.2. The summed E-state index contributed by atoms with van der Waals surface area (Å²) in [7, 11) is 0. The maximum Gasteiger partial charge on any atom is 0.270 e. The third-order valence-corrected chi connectivity index (χ3v) is 5.58. The molecule has 0 spiro atoms. The van der Waals surface area contributed by atoms with Crippen molar-refractivity contribution in [3.8, 4) is 11.4 Å². The first-order valence-electron chi connectivity index (χ1n) is 9.97. The van der Waals surface area contributed by atoms with Crippen molar-refractivity contribution in [1.29, 1.82) is 0 Å². The summed E-state index contributed by atoms with van der Waals surface area (Å²) in [5.41, 5.74) is 4.77. The zero-order valence-electron chi connectivity index (χ0n) is 16.4. The molecule has 0 amide bonds. The number of para-hydroxylation sites is 3. The maximum atomic E-state index is 11.4. The van der Waals surface area contributed by atoms with Gasteiger partial charge in [0.25, 0.3) is 5.69 Å². The number of nitrogens with one attached hydrogen (secondary N) is 1. The molecule has 0 radical (unpaired) electrons. The van der Waals surface area contributed by atoms with E-state index in [4.69, 9.17) is 0 Å². The number of aromatic amines is 1. The number of nitro benzene ring substituents is 1. The summed E-state index contributed by atoms with van der Waals surface area (Å²) in [5.74, 6) is 0.653. The Bertz CT molecular complexity index is 1160. The number of imidazole rings is 1. The molecule has 1 saturated heterocycles. The summed E-state index contributed by atoms with van der Waals surface area (Å²) >= 11 is 0. The van der Waals surface area contributed by atoms with Crippen molar-refractivity contribution in [1.82, 2.24) is 9.97 Å². The Morgan fingerprint density at radius 2 is 1.57 bits per heavy atom. The van der Waals surface area contributed by atoms with E-state index < -0.39 is 0 Å². The van der Waals surface area contributed by atoms with E-state index in [1.807, 2.05) is 36.4 Å². The van der Waals surface area contributed by atoms with Gasteiger partial charge in [-0.15, -0.1) is 0 Å². The van der Waals surface area contributed by atoms with E-state index in [2.05, 4.69) is 44.0 Å². The Morgan fingerprint density at radius 1 is 0.867 bits per heavy atom. The molecule has 5 rings (SSSR count). The van der Waals surface area contributed by atoms with Crippen molar-refractivity contribution < 1.29 is 4.92 Å². The molecule has 1 N–H and O–H groups in total. The average Bonchev–Trinajstić information content (AvgIpc) is 3.24. The molecule has 1 aliphatic rings. The third kappa shape index (κ3) is 3.34. The predicted molar refractivity (Wildman–Crippen MR) is 119 cm³/mol. The fourth-order valence-corrected chi connectivity index (χ4v) is 4.03. The number of benzene rings is 3. The third-order valence-electron chi connectivity index (χ3n) is 5.58. The molecule has 0 atom stereocenters. The van der Waals surface area contributed by atoms with E-state index in [9.17, 15) is 10.1 Å². The second-order valence-corrected chi connectivity index (χ2v) is 7.37. The van der Waals surface area contributed by atoms with Crippen LogP contribution in [0.2, 0.25) is 0 Å². The van der Waals surface area contributed by atoms with Gasteiger partial charge in [0.15, 0.2) is 0 Å².